The molecule has 0 saturated carbocycles. The van der Waals surface area contributed by atoms with Crippen LogP contribution >= 0.6 is 15.9 Å². The maximum Gasteiger partial charge on any atom is 0.479 e. The average molecular weight is 322 g/mol. The summed E-state index contributed by atoms with van der Waals surface area (Å²) in [5.41, 5.74) is -0.938. The Morgan fingerprint density at radius 1 is 1.28 bits per heavy atom. The van der Waals surface area contributed by atoms with Gasteiger partial charge in [0.25, 0.3) is 0 Å². The highest BCUT2D eigenvalue weighted by atomic mass is 79.9. The van der Waals surface area contributed by atoms with Gasteiger partial charge in [0.15, 0.2) is 0 Å². The summed E-state index contributed by atoms with van der Waals surface area (Å²) >= 11 is 2.95. The summed E-state index contributed by atoms with van der Waals surface area (Å²) < 4.78 is 38.8. The molecule has 0 saturated heterocycles. The standard InChI is InChI=1S/C10H5BrF3N2O2/c1-16-7-5(11)2-4(10(12,13)14)3-6(7)15-8(17)9(16)18/h2-3H,1H3/q+1. The Balaban J connectivity index is 2.91. The van der Waals surface area contributed by atoms with E-state index in [1.54, 1.807) is 0 Å². The number of likely N-dealkylation sites (N-methyl/N-ethyl adjacent to an activating group) is 1. The second-order valence-corrected chi connectivity index (χ2v) is 4.46. The lowest BCUT2D eigenvalue weighted by Crippen LogP contribution is -2.49. The van der Waals surface area contributed by atoms with Crippen molar-refractivity contribution in [2.45, 2.75) is 6.18 Å². The minimum absolute atomic E-state index is 0.0550. The molecule has 1 aliphatic heterocycles. The number of fused-ring (bicyclic) bond motifs is 1. The quantitative estimate of drug-likeness (QED) is 0.509. The highest BCUT2D eigenvalue weighted by Gasteiger charge is 2.35. The number of nitrogens with zero attached hydrogens (tertiary/aromatic N) is 2. The van der Waals surface area contributed by atoms with Crippen molar-refractivity contribution in [1.82, 2.24) is 4.58 Å². The third-order valence-electron chi connectivity index (χ3n) is 2.42. The van der Waals surface area contributed by atoms with Gasteiger partial charge in [0.2, 0.25) is 5.36 Å². The zero-order chi connectivity index (χ0) is 13.7. The Bertz CT molecular complexity index is 694. The molecular formula is C10H5BrF3N2O2+. The fraction of sp³-hybridized carbons (Fsp3) is 0.200. The van der Waals surface area contributed by atoms with Gasteiger partial charge in [-0.3, -0.25) is 4.79 Å². The highest BCUT2D eigenvalue weighted by Crippen LogP contribution is 2.28. The predicted molar refractivity (Wildman–Crippen MR) is 57.1 cm³/mol. The van der Waals surface area contributed by atoms with Crippen LogP contribution in [0.2, 0.25) is 0 Å². The van der Waals surface area contributed by atoms with Crippen molar-refractivity contribution in [3.8, 4) is 0 Å². The molecule has 18 heavy (non-hydrogen) atoms. The van der Waals surface area contributed by atoms with Crippen LogP contribution in [-0.2, 0) is 15.8 Å². The third kappa shape index (κ3) is 1.96. The fourth-order valence-corrected chi connectivity index (χ4v) is 2.28. The number of halogens is 4. The van der Waals surface area contributed by atoms with E-state index in [9.17, 15) is 22.8 Å². The number of hydrogen-bond acceptors (Lipinski definition) is 2. The fourth-order valence-electron chi connectivity index (χ4n) is 1.57. The lowest BCUT2D eigenvalue weighted by molar-refractivity contribution is -0.139. The van der Waals surface area contributed by atoms with Gasteiger partial charge in [0.1, 0.15) is 12.4 Å². The van der Waals surface area contributed by atoms with Crippen molar-refractivity contribution < 1.29 is 22.8 Å². The largest absolute Gasteiger partial charge is 0.479 e. The SMILES string of the molecule is C[N+]1=c2c(Br)cc(C(F)(F)F)cc2=NC(=O)C1=O. The number of amides is 2. The maximum absolute atomic E-state index is 12.6. The molecule has 0 aliphatic carbocycles. The maximum atomic E-state index is 12.6. The van der Waals surface area contributed by atoms with Crippen molar-refractivity contribution >= 4 is 27.7 Å². The van der Waals surface area contributed by atoms with Crippen LogP contribution in [0.15, 0.2) is 21.6 Å². The first-order chi connectivity index (χ1) is 8.21. The topological polar surface area (TPSA) is 49.5 Å². The van der Waals surface area contributed by atoms with E-state index < -0.39 is 23.6 Å². The first-order valence-corrected chi connectivity index (χ1v) is 5.45. The number of alkyl halides is 3. The zero-order valence-electron chi connectivity index (χ0n) is 8.88. The van der Waals surface area contributed by atoms with Gasteiger partial charge in [-0.05, 0) is 28.1 Å². The minimum Gasteiger partial charge on any atom is -0.255 e. The van der Waals surface area contributed by atoms with Crippen LogP contribution in [0.5, 0.6) is 0 Å². The van der Waals surface area contributed by atoms with Gasteiger partial charge in [-0.25, -0.2) is 4.79 Å². The molecule has 0 radical (unpaired) electrons. The average Bonchev–Trinajstić information content (AvgIpc) is 2.23. The molecule has 0 fully saturated rings. The van der Waals surface area contributed by atoms with E-state index in [0.29, 0.717) is 0 Å². The zero-order valence-corrected chi connectivity index (χ0v) is 10.5. The van der Waals surface area contributed by atoms with Crippen LogP contribution in [0.1, 0.15) is 5.56 Å². The summed E-state index contributed by atoms with van der Waals surface area (Å²) in [4.78, 5) is 25.9. The van der Waals surface area contributed by atoms with Crippen molar-refractivity contribution in [2.24, 2.45) is 4.99 Å². The normalized spacial score (nSPS) is 15.5. The van der Waals surface area contributed by atoms with Crippen LogP contribution in [0, 0.1) is 0 Å². The Labute approximate surface area is 107 Å². The van der Waals surface area contributed by atoms with Crippen LogP contribution < -0.4 is 15.3 Å². The van der Waals surface area contributed by atoms with Crippen molar-refractivity contribution in [2.75, 3.05) is 7.05 Å². The van der Waals surface area contributed by atoms with Crippen LogP contribution in [0.3, 0.4) is 0 Å². The minimum atomic E-state index is -4.55. The van der Waals surface area contributed by atoms with Gasteiger partial charge in [0, 0.05) is 0 Å². The third-order valence-corrected chi connectivity index (χ3v) is 3.02. The second kappa shape index (κ2) is 3.98. The summed E-state index contributed by atoms with van der Waals surface area (Å²) in [7, 11) is 1.30. The van der Waals surface area contributed by atoms with E-state index in [4.69, 9.17) is 0 Å². The molecule has 4 nitrogen and oxygen atoms in total. The molecule has 0 bridgehead atoms. The molecule has 0 unspecified atom stereocenters. The Hall–Kier alpha value is -1.57. The lowest BCUT2D eigenvalue weighted by atomic mass is 10.2. The first-order valence-electron chi connectivity index (χ1n) is 4.66. The van der Waals surface area contributed by atoms with Crippen LogP contribution in [-0.4, -0.2) is 18.9 Å². The van der Waals surface area contributed by atoms with E-state index >= 15 is 0 Å². The molecular weight excluding hydrogens is 317 g/mol. The summed E-state index contributed by atoms with van der Waals surface area (Å²) in [6.07, 6.45) is -4.55. The van der Waals surface area contributed by atoms with Crippen molar-refractivity contribution in [3.05, 3.63) is 32.9 Å². The lowest BCUT2D eigenvalue weighted by Gasteiger charge is -2.07. The number of carbonyl (C=O) groups excluding carboxylic acids is 2. The van der Waals surface area contributed by atoms with E-state index in [0.717, 1.165) is 16.7 Å². The first kappa shape index (κ1) is 12.9. The Morgan fingerprint density at radius 2 is 1.89 bits per heavy atom. The van der Waals surface area contributed by atoms with E-state index in [-0.39, 0.29) is 15.2 Å². The van der Waals surface area contributed by atoms with Gasteiger partial charge in [0.05, 0.1) is 10.0 Å². The Morgan fingerprint density at radius 3 is 2.44 bits per heavy atom. The summed E-state index contributed by atoms with van der Waals surface area (Å²) in [5, 5.41) is -0.0311. The highest BCUT2D eigenvalue weighted by molar-refractivity contribution is 9.10. The van der Waals surface area contributed by atoms with E-state index in [1.165, 1.54) is 7.05 Å². The summed E-state index contributed by atoms with van der Waals surface area (Å²) in [5.74, 6) is -1.97. The number of hydrogen-bond donors (Lipinski definition) is 0. The predicted octanol–water partition coefficient (Wildman–Crippen LogP) is 0.275. The molecule has 2 amide bonds. The molecule has 1 aromatic carbocycles. The van der Waals surface area contributed by atoms with Gasteiger partial charge < -0.3 is 0 Å². The van der Waals surface area contributed by atoms with E-state index in [2.05, 4.69) is 20.9 Å². The number of rotatable bonds is 0. The second-order valence-electron chi connectivity index (χ2n) is 3.60. The monoisotopic (exact) mass is 321 g/mol. The molecule has 0 spiro atoms. The van der Waals surface area contributed by atoms with Gasteiger partial charge in [-0.15, -0.1) is 0 Å². The van der Waals surface area contributed by atoms with Crippen molar-refractivity contribution in [3.63, 3.8) is 0 Å². The van der Waals surface area contributed by atoms with E-state index in [1.807, 2.05) is 0 Å². The molecule has 2 rings (SSSR count). The van der Waals surface area contributed by atoms with Gasteiger partial charge in [-0.1, -0.05) is 0 Å². The molecule has 0 atom stereocenters. The molecule has 1 heterocycles. The summed E-state index contributed by atoms with van der Waals surface area (Å²) in [6.45, 7) is 0. The molecule has 94 valence electrons. The number of benzene rings is 1. The smallest absolute Gasteiger partial charge is 0.255 e. The number of carbonyl (C=O) groups is 2. The van der Waals surface area contributed by atoms with Crippen LogP contribution in [0.25, 0.3) is 0 Å². The molecule has 1 aliphatic rings. The van der Waals surface area contributed by atoms with Crippen molar-refractivity contribution in [1.29, 1.82) is 0 Å². The summed E-state index contributed by atoms with van der Waals surface area (Å²) in [6, 6.07) is 1.58. The van der Waals surface area contributed by atoms with Gasteiger partial charge >= 0.3 is 18.0 Å². The van der Waals surface area contributed by atoms with Gasteiger partial charge in [-0.2, -0.15) is 22.7 Å². The molecule has 8 heteroatoms. The van der Waals surface area contributed by atoms with Crippen LogP contribution in [0.4, 0.5) is 13.2 Å². The molecule has 1 aromatic rings. The molecule has 0 N–H and O–H groups in total. The Kier molecular flexibility index (Phi) is 2.84. The molecule has 0 aromatic heterocycles.